The molecule has 0 saturated carbocycles. The van der Waals surface area contributed by atoms with Crippen molar-refractivity contribution < 1.29 is 9.59 Å². The van der Waals surface area contributed by atoms with E-state index in [2.05, 4.69) is 15.9 Å². The molecule has 1 heterocycles. The largest absolute Gasteiger partial charge is 0.328 e. The van der Waals surface area contributed by atoms with Gasteiger partial charge >= 0.3 is 0 Å². The van der Waals surface area contributed by atoms with Crippen LogP contribution in [0.3, 0.4) is 0 Å². The molecule has 0 bridgehead atoms. The van der Waals surface area contributed by atoms with Crippen molar-refractivity contribution in [2.75, 3.05) is 6.54 Å². The number of carbonyl (C=O) groups excluding carboxylic acids is 2. The fourth-order valence-corrected chi connectivity index (χ4v) is 3.26. The minimum absolute atomic E-state index is 0.0291. The summed E-state index contributed by atoms with van der Waals surface area (Å²) in [6.45, 7) is 0.634. The lowest BCUT2D eigenvalue weighted by molar-refractivity contribution is 0.0671. The molecule has 2 aromatic carbocycles. The van der Waals surface area contributed by atoms with Crippen molar-refractivity contribution in [3.8, 4) is 0 Å². The topological polar surface area (TPSA) is 37.4 Å². The number of rotatable bonds is 3. The molecule has 1 aliphatic heterocycles. The Balaban J connectivity index is 1.84. The first-order valence-corrected chi connectivity index (χ1v) is 8.12. The lowest BCUT2D eigenvalue weighted by Crippen LogP contribution is -2.40. The molecule has 1 amide bonds. The third kappa shape index (κ3) is 2.97. The highest BCUT2D eigenvalue weighted by molar-refractivity contribution is 9.10. The number of ketones is 1. The molecular weight excluding hydrogens is 342 g/mol. The molecule has 0 radical (unpaired) electrons. The number of amides is 1. The molecule has 1 fully saturated rings. The Morgan fingerprint density at radius 1 is 1.00 bits per heavy atom. The number of nitrogens with zero attached hydrogens (tertiary/aromatic N) is 1. The van der Waals surface area contributed by atoms with E-state index in [1.807, 2.05) is 42.5 Å². The number of likely N-dealkylation sites (tertiary alicyclic amines) is 1. The molecule has 0 N–H and O–H groups in total. The molecule has 1 aliphatic rings. The Morgan fingerprint density at radius 2 is 1.73 bits per heavy atom. The summed E-state index contributed by atoms with van der Waals surface area (Å²) in [7, 11) is 0. The first kappa shape index (κ1) is 15.0. The van der Waals surface area contributed by atoms with Crippen molar-refractivity contribution in [3.05, 3.63) is 70.2 Å². The third-order valence-corrected chi connectivity index (χ3v) is 4.44. The van der Waals surface area contributed by atoms with Gasteiger partial charge in [0, 0.05) is 22.1 Å². The molecule has 0 aliphatic carbocycles. The third-order valence-electron chi connectivity index (χ3n) is 3.95. The van der Waals surface area contributed by atoms with Crippen LogP contribution >= 0.6 is 15.9 Å². The van der Waals surface area contributed by atoms with Crippen LogP contribution in [0.25, 0.3) is 0 Å². The van der Waals surface area contributed by atoms with E-state index in [0.29, 0.717) is 17.7 Å². The zero-order valence-corrected chi connectivity index (χ0v) is 13.6. The summed E-state index contributed by atoms with van der Waals surface area (Å²) < 4.78 is 0.864. The van der Waals surface area contributed by atoms with Crippen LogP contribution in [0.2, 0.25) is 0 Å². The Hall–Kier alpha value is -1.94. The maximum atomic E-state index is 12.7. The molecule has 1 atom stereocenters. The molecule has 4 heteroatoms. The highest BCUT2D eigenvalue weighted by atomic mass is 79.9. The molecule has 1 saturated heterocycles. The van der Waals surface area contributed by atoms with Gasteiger partial charge in [0.1, 0.15) is 0 Å². The van der Waals surface area contributed by atoms with Crippen LogP contribution in [0, 0.1) is 0 Å². The molecule has 3 nitrogen and oxygen atoms in total. The van der Waals surface area contributed by atoms with Gasteiger partial charge in [0.2, 0.25) is 0 Å². The summed E-state index contributed by atoms with van der Waals surface area (Å²) in [6, 6.07) is 16.1. The normalized spacial score (nSPS) is 17.5. The number of hydrogen-bond donors (Lipinski definition) is 0. The highest BCUT2D eigenvalue weighted by Crippen LogP contribution is 2.24. The van der Waals surface area contributed by atoms with E-state index < -0.39 is 0 Å². The minimum Gasteiger partial charge on any atom is -0.328 e. The predicted molar refractivity (Wildman–Crippen MR) is 89.0 cm³/mol. The van der Waals surface area contributed by atoms with Gasteiger partial charge in [0.25, 0.3) is 5.91 Å². The fraction of sp³-hybridized carbons (Fsp3) is 0.222. The van der Waals surface area contributed by atoms with Gasteiger partial charge in [-0.25, -0.2) is 0 Å². The van der Waals surface area contributed by atoms with E-state index >= 15 is 0 Å². The van der Waals surface area contributed by atoms with E-state index in [4.69, 9.17) is 0 Å². The van der Waals surface area contributed by atoms with Gasteiger partial charge in [-0.15, -0.1) is 0 Å². The molecule has 0 spiro atoms. The molecule has 0 aromatic heterocycles. The summed E-state index contributed by atoms with van der Waals surface area (Å²) in [6.07, 6.45) is 1.59. The molecule has 112 valence electrons. The zero-order valence-electron chi connectivity index (χ0n) is 12.0. The lowest BCUT2D eigenvalue weighted by atomic mass is 10.0. The Bertz CT molecular complexity index is 699. The molecule has 22 heavy (non-hydrogen) atoms. The van der Waals surface area contributed by atoms with E-state index in [9.17, 15) is 9.59 Å². The van der Waals surface area contributed by atoms with Gasteiger partial charge in [-0.3, -0.25) is 9.59 Å². The van der Waals surface area contributed by atoms with E-state index in [0.717, 1.165) is 17.3 Å². The molecule has 1 unspecified atom stereocenters. The van der Waals surface area contributed by atoms with Crippen LogP contribution in [0.5, 0.6) is 0 Å². The SMILES string of the molecule is O=C(c1ccccc1)C1CCCN1C(=O)c1cccc(Br)c1. The second-order valence-electron chi connectivity index (χ2n) is 5.40. The van der Waals surface area contributed by atoms with Crippen LogP contribution in [-0.2, 0) is 0 Å². The monoisotopic (exact) mass is 357 g/mol. The first-order chi connectivity index (χ1) is 10.7. The second kappa shape index (κ2) is 6.44. The summed E-state index contributed by atoms with van der Waals surface area (Å²) in [4.78, 5) is 27.1. The van der Waals surface area contributed by atoms with Gasteiger partial charge in [-0.05, 0) is 31.0 Å². The van der Waals surface area contributed by atoms with Crippen molar-refractivity contribution in [2.24, 2.45) is 0 Å². The number of Topliss-reactive ketones (excluding diaryl/α,β-unsaturated/α-hetero) is 1. The quantitative estimate of drug-likeness (QED) is 0.780. The first-order valence-electron chi connectivity index (χ1n) is 7.32. The summed E-state index contributed by atoms with van der Waals surface area (Å²) in [5, 5.41) is 0. The minimum atomic E-state index is -0.353. The van der Waals surface area contributed by atoms with Crippen molar-refractivity contribution in [2.45, 2.75) is 18.9 Å². The Kier molecular flexibility index (Phi) is 4.39. The zero-order chi connectivity index (χ0) is 15.5. The van der Waals surface area contributed by atoms with Gasteiger partial charge < -0.3 is 4.90 Å². The van der Waals surface area contributed by atoms with Crippen LogP contribution in [0.1, 0.15) is 33.6 Å². The standard InChI is InChI=1S/C18H16BrNO2/c19-15-9-4-8-14(12-15)18(22)20-11-5-10-16(20)17(21)13-6-2-1-3-7-13/h1-4,6-9,12,16H,5,10-11H2. The lowest BCUT2D eigenvalue weighted by Gasteiger charge is -2.24. The van der Waals surface area contributed by atoms with Crippen LogP contribution < -0.4 is 0 Å². The van der Waals surface area contributed by atoms with E-state index in [1.54, 1.807) is 17.0 Å². The van der Waals surface area contributed by atoms with Gasteiger partial charge in [0.15, 0.2) is 5.78 Å². The molecular formula is C18H16BrNO2. The predicted octanol–water partition coefficient (Wildman–Crippen LogP) is 3.94. The summed E-state index contributed by atoms with van der Waals surface area (Å²) >= 11 is 3.38. The summed E-state index contributed by atoms with van der Waals surface area (Å²) in [5.41, 5.74) is 1.28. The number of halogens is 1. The van der Waals surface area contributed by atoms with E-state index in [1.165, 1.54) is 0 Å². The smallest absolute Gasteiger partial charge is 0.254 e. The molecule has 3 rings (SSSR count). The van der Waals surface area contributed by atoms with Crippen LogP contribution in [-0.4, -0.2) is 29.2 Å². The van der Waals surface area contributed by atoms with Gasteiger partial charge in [-0.1, -0.05) is 52.3 Å². The Morgan fingerprint density at radius 3 is 2.45 bits per heavy atom. The molecule has 2 aromatic rings. The number of hydrogen-bond acceptors (Lipinski definition) is 2. The van der Waals surface area contributed by atoms with Gasteiger partial charge in [-0.2, -0.15) is 0 Å². The van der Waals surface area contributed by atoms with Gasteiger partial charge in [0.05, 0.1) is 6.04 Å². The maximum absolute atomic E-state index is 12.7. The fourth-order valence-electron chi connectivity index (χ4n) is 2.86. The average molecular weight is 358 g/mol. The average Bonchev–Trinajstić information content (AvgIpc) is 3.04. The Labute approximate surface area is 138 Å². The highest BCUT2D eigenvalue weighted by Gasteiger charge is 2.34. The number of benzene rings is 2. The van der Waals surface area contributed by atoms with Crippen molar-refractivity contribution in [1.82, 2.24) is 4.90 Å². The van der Waals surface area contributed by atoms with Crippen molar-refractivity contribution >= 4 is 27.6 Å². The van der Waals surface area contributed by atoms with Crippen LogP contribution in [0.4, 0.5) is 0 Å². The summed E-state index contributed by atoms with van der Waals surface area (Å²) in [5.74, 6) is -0.0467. The van der Waals surface area contributed by atoms with Crippen molar-refractivity contribution in [3.63, 3.8) is 0 Å². The van der Waals surface area contributed by atoms with Crippen molar-refractivity contribution in [1.29, 1.82) is 0 Å². The van der Waals surface area contributed by atoms with E-state index in [-0.39, 0.29) is 17.7 Å². The van der Waals surface area contributed by atoms with Crippen LogP contribution in [0.15, 0.2) is 59.1 Å². The number of carbonyl (C=O) groups is 2. The second-order valence-corrected chi connectivity index (χ2v) is 6.31. The maximum Gasteiger partial charge on any atom is 0.254 e.